The zero-order chi connectivity index (χ0) is 20.2. The second kappa shape index (κ2) is 11.5. The van der Waals surface area contributed by atoms with Crippen LogP contribution in [0.5, 0.6) is 0 Å². The molecule has 0 bridgehead atoms. The Kier molecular flexibility index (Phi) is 8.68. The minimum Gasteiger partial charge on any atom is -0.456 e. The quantitative estimate of drug-likeness (QED) is 0.482. The molecule has 0 unspecified atom stereocenters. The van der Waals surface area contributed by atoms with E-state index in [0.29, 0.717) is 18.7 Å². The van der Waals surface area contributed by atoms with Crippen molar-refractivity contribution in [1.82, 2.24) is 10.6 Å². The number of methoxy groups -OCH3 is 1. The number of nitrogens with one attached hydrogen (secondary N) is 2. The molecule has 0 heterocycles. The summed E-state index contributed by atoms with van der Waals surface area (Å²) >= 11 is 0. The second-order valence-electron chi connectivity index (χ2n) is 6.01. The van der Waals surface area contributed by atoms with E-state index in [9.17, 15) is 14.4 Å². The topological polar surface area (TPSA) is 93.7 Å². The van der Waals surface area contributed by atoms with Crippen molar-refractivity contribution in [2.75, 3.05) is 26.9 Å². The average Bonchev–Trinajstić information content (AvgIpc) is 2.73. The van der Waals surface area contributed by atoms with Crippen molar-refractivity contribution in [2.24, 2.45) is 0 Å². The van der Waals surface area contributed by atoms with Gasteiger partial charge in [-0.3, -0.25) is 14.4 Å². The van der Waals surface area contributed by atoms with Crippen LogP contribution in [0.4, 0.5) is 0 Å². The maximum absolute atomic E-state index is 12.5. The molecule has 0 aromatic heterocycles. The van der Waals surface area contributed by atoms with E-state index < -0.39 is 17.9 Å². The number of ether oxygens (including phenoxy) is 2. The standard InChI is InChI=1S/C21H24N2O5/c1-27-13-12-22-19(24)15-28-20(25)14-18(16-8-4-2-5-9-16)23-21(26)17-10-6-3-7-11-17/h2-11,18H,12-15H2,1H3,(H,22,24)(H,23,26)/t18-/m1/s1. The maximum Gasteiger partial charge on any atom is 0.308 e. The molecule has 2 amide bonds. The third-order valence-electron chi connectivity index (χ3n) is 3.91. The van der Waals surface area contributed by atoms with E-state index in [4.69, 9.17) is 9.47 Å². The van der Waals surface area contributed by atoms with Crippen LogP contribution in [0, 0.1) is 0 Å². The predicted octanol–water partition coefficient (Wildman–Crippen LogP) is 1.85. The highest BCUT2D eigenvalue weighted by Gasteiger charge is 2.20. The van der Waals surface area contributed by atoms with Gasteiger partial charge in [-0.25, -0.2) is 0 Å². The minimum atomic E-state index is -0.580. The fraction of sp³-hybridized carbons (Fsp3) is 0.286. The molecule has 2 aromatic rings. The zero-order valence-corrected chi connectivity index (χ0v) is 15.7. The number of hydrogen-bond acceptors (Lipinski definition) is 5. The van der Waals surface area contributed by atoms with Crippen molar-refractivity contribution in [3.63, 3.8) is 0 Å². The maximum atomic E-state index is 12.5. The molecule has 0 saturated carbocycles. The first-order chi connectivity index (χ1) is 13.6. The van der Waals surface area contributed by atoms with Gasteiger partial charge in [0.25, 0.3) is 11.8 Å². The molecule has 7 nitrogen and oxygen atoms in total. The summed E-state index contributed by atoms with van der Waals surface area (Å²) in [5.41, 5.74) is 1.27. The Labute approximate surface area is 164 Å². The third-order valence-corrected chi connectivity index (χ3v) is 3.91. The van der Waals surface area contributed by atoms with Gasteiger partial charge in [0.15, 0.2) is 6.61 Å². The molecule has 28 heavy (non-hydrogen) atoms. The van der Waals surface area contributed by atoms with Crippen molar-refractivity contribution in [1.29, 1.82) is 0 Å². The van der Waals surface area contributed by atoms with Crippen molar-refractivity contribution in [3.8, 4) is 0 Å². The summed E-state index contributed by atoms with van der Waals surface area (Å²) in [6.07, 6.45) is -0.0893. The van der Waals surface area contributed by atoms with Gasteiger partial charge >= 0.3 is 5.97 Å². The lowest BCUT2D eigenvalue weighted by Crippen LogP contribution is -2.33. The van der Waals surface area contributed by atoms with Crippen molar-refractivity contribution in [2.45, 2.75) is 12.5 Å². The van der Waals surface area contributed by atoms with E-state index in [0.717, 1.165) is 5.56 Å². The molecule has 2 aromatic carbocycles. The van der Waals surface area contributed by atoms with Crippen LogP contribution in [0.3, 0.4) is 0 Å². The Bertz CT molecular complexity index is 765. The molecule has 0 aliphatic carbocycles. The lowest BCUT2D eigenvalue weighted by atomic mass is 10.0. The summed E-state index contributed by atoms with van der Waals surface area (Å²) in [5, 5.41) is 5.42. The molecular weight excluding hydrogens is 360 g/mol. The Balaban J connectivity index is 1.95. The lowest BCUT2D eigenvalue weighted by molar-refractivity contribution is -0.149. The molecule has 0 saturated heterocycles. The summed E-state index contributed by atoms with van der Waals surface area (Å²) < 4.78 is 9.86. The summed E-state index contributed by atoms with van der Waals surface area (Å²) in [5.74, 6) is -1.28. The van der Waals surface area contributed by atoms with Gasteiger partial charge in [-0.2, -0.15) is 0 Å². The van der Waals surface area contributed by atoms with E-state index >= 15 is 0 Å². The summed E-state index contributed by atoms with van der Waals surface area (Å²) in [6, 6.07) is 17.3. The molecule has 1 atom stereocenters. The van der Waals surface area contributed by atoms with Crippen LogP contribution >= 0.6 is 0 Å². The van der Waals surface area contributed by atoms with Crippen LogP contribution in [0.2, 0.25) is 0 Å². The van der Waals surface area contributed by atoms with E-state index in [-0.39, 0.29) is 18.9 Å². The molecule has 2 N–H and O–H groups in total. The van der Waals surface area contributed by atoms with Crippen LogP contribution in [0.15, 0.2) is 60.7 Å². The first kappa shape index (κ1) is 21.1. The highest BCUT2D eigenvalue weighted by Crippen LogP contribution is 2.18. The van der Waals surface area contributed by atoms with Gasteiger partial charge in [0.05, 0.1) is 19.1 Å². The van der Waals surface area contributed by atoms with Gasteiger partial charge in [-0.05, 0) is 17.7 Å². The Hall–Kier alpha value is -3.19. The predicted molar refractivity (Wildman–Crippen MR) is 104 cm³/mol. The monoisotopic (exact) mass is 384 g/mol. The Morgan fingerprint density at radius 2 is 1.61 bits per heavy atom. The molecule has 0 radical (unpaired) electrons. The van der Waals surface area contributed by atoms with Gasteiger partial charge in [-0.1, -0.05) is 48.5 Å². The second-order valence-corrected chi connectivity index (χ2v) is 6.01. The van der Waals surface area contributed by atoms with Gasteiger partial charge in [0.2, 0.25) is 0 Å². The fourth-order valence-electron chi connectivity index (χ4n) is 2.48. The smallest absolute Gasteiger partial charge is 0.308 e. The molecule has 148 valence electrons. The third kappa shape index (κ3) is 7.20. The fourth-order valence-corrected chi connectivity index (χ4v) is 2.48. The van der Waals surface area contributed by atoms with Crippen LogP contribution in [0.25, 0.3) is 0 Å². The number of carbonyl (C=O) groups excluding carboxylic acids is 3. The zero-order valence-electron chi connectivity index (χ0n) is 15.7. The number of benzene rings is 2. The molecule has 7 heteroatoms. The summed E-state index contributed by atoms with van der Waals surface area (Å²) in [7, 11) is 1.53. The average molecular weight is 384 g/mol. The first-order valence-electron chi connectivity index (χ1n) is 8.92. The number of hydrogen-bond donors (Lipinski definition) is 2. The van der Waals surface area contributed by atoms with Crippen LogP contribution in [-0.4, -0.2) is 44.7 Å². The van der Waals surface area contributed by atoms with Crippen LogP contribution in [0.1, 0.15) is 28.4 Å². The Morgan fingerprint density at radius 3 is 2.25 bits per heavy atom. The van der Waals surface area contributed by atoms with E-state index in [1.807, 2.05) is 36.4 Å². The number of carbonyl (C=O) groups is 3. The van der Waals surface area contributed by atoms with Crippen molar-refractivity contribution >= 4 is 17.8 Å². The van der Waals surface area contributed by atoms with Gasteiger partial charge in [-0.15, -0.1) is 0 Å². The van der Waals surface area contributed by atoms with E-state index in [2.05, 4.69) is 10.6 Å². The molecular formula is C21H24N2O5. The molecule has 0 aliphatic rings. The van der Waals surface area contributed by atoms with Crippen molar-refractivity contribution < 1.29 is 23.9 Å². The molecule has 0 spiro atoms. The van der Waals surface area contributed by atoms with Crippen molar-refractivity contribution in [3.05, 3.63) is 71.8 Å². The van der Waals surface area contributed by atoms with Crippen LogP contribution < -0.4 is 10.6 Å². The number of esters is 1. The lowest BCUT2D eigenvalue weighted by Gasteiger charge is -2.18. The summed E-state index contributed by atoms with van der Waals surface area (Å²) in [6.45, 7) is 0.338. The van der Waals surface area contributed by atoms with E-state index in [1.54, 1.807) is 24.3 Å². The SMILES string of the molecule is COCCNC(=O)COC(=O)C[C@@H](NC(=O)c1ccccc1)c1ccccc1. The van der Waals surface area contributed by atoms with E-state index in [1.165, 1.54) is 7.11 Å². The highest BCUT2D eigenvalue weighted by atomic mass is 16.5. The van der Waals surface area contributed by atoms with Gasteiger partial charge in [0.1, 0.15) is 0 Å². The Morgan fingerprint density at radius 1 is 0.964 bits per heavy atom. The molecule has 2 rings (SSSR count). The molecule has 0 aliphatic heterocycles. The molecule has 0 fully saturated rings. The van der Waals surface area contributed by atoms with Crippen LogP contribution in [-0.2, 0) is 19.1 Å². The first-order valence-corrected chi connectivity index (χ1v) is 8.92. The highest BCUT2D eigenvalue weighted by molar-refractivity contribution is 5.94. The van der Waals surface area contributed by atoms with Gasteiger partial charge in [0, 0.05) is 19.2 Å². The summed E-state index contributed by atoms with van der Waals surface area (Å²) in [4.78, 5) is 36.3. The van der Waals surface area contributed by atoms with Gasteiger partial charge < -0.3 is 20.1 Å². The number of rotatable bonds is 10. The minimum absolute atomic E-state index is 0.0893. The normalized spacial score (nSPS) is 11.3. The number of amides is 2. The largest absolute Gasteiger partial charge is 0.456 e.